The number of nitrogens with zero attached hydrogens (tertiary/aromatic N) is 3. The highest BCUT2D eigenvalue weighted by Crippen LogP contribution is 2.39. The summed E-state index contributed by atoms with van der Waals surface area (Å²) >= 11 is 0. The molecule has 1 heterocycles. The lowest BCUT2D eigenvalue weighted by Gasteiger charge is -2.22. The zero-order chi connectivity index (χ0) is 14.7. The molecule has 20 heavy (non-hydrogen) atoms. The standard InChI is InChI=1S/C15H26N4O/c1-10(2)20-9-8-19(5)15-11(3)13(16-4)17-14(18-15)12-6-7-12/h10,12H,6-9H2,1-5H3,(H,16,17,18). The molecule has 0 aliphatic heterocycles. The minimum absolute atomic E-state index is 0.268. The lowest BCUT2D eigenvalue weighted by molar-refractivity contribution is 0.0845. The summed E-state index contributed by atoms with van der Waals surface area (Å²) in [5.41, 5.74) is 1.10. The van der Waals surface area contributed by atoms with Gasteiger partial charge in [-0.25, -0.2) is 9.97 Å². The van der Waals surface area contributed by atoms with Crippen molar-refractivity contribution in [3.05, 3.63) is 11.4 Å². The average Bonchev–Trinajstić information content (AvgIpc) is 3.22. The summed E-state index contributed by atoms with van der Waals surface area (Å²) in [7, 11) is 3.98. The fraction of sp³-hybridized carbons (Fsp3) is 0.733. The Kier molecular flexibility index (Phi) is 4.81. The number of nitrogens with one attached hydrogen (secondary N) is 1. The average molecular weight is 278 g/mol. The van der Waals surface area contributed by atoms with Gasteiger partial charge in [-0.2, -0.15) is 0 Å². The van der Waals surface area contributed by atoms with Gasteiger partial charge >= 0.3 is 0 Å². The molecule has 1 aromatic rings. The van der Waals surface area contributed by atoms with E-state index in [2.05, 4.69) is 43.0 Å². The number of hydrogen-bond donors (Lipinski definition) is 1. The quantitative estimate of drug-likeness (QED) is 0.830. The van der Waals surface area contributed by atoms with Crippen LogP contribution in [0.5, 0.6) is 0 Å². The van der Waals surface area contributed by atoms with Crippen LogP contribution in [0.2, 0.25) is 0 Å². The van der Waals surface area contributed by atoms with E-state index in [0.717, 1.165) is 29.6 Å². The molecule has 0 radical (unpaired) electrons. The van der Waals surface area contributed by atoms with Gasteiger partial charge in [0, 0.05) is 32.1 Å². The Morgan fingerprint density at radius 1 is 1.35 bits per heavy atom. The van der Waals surface area contributed by atoms with Crippen molar-refractivity contribution in [2.75, 3.05) is 37.5 Å². The summed E-state index contributed by atoms with van der Waals surface area (Å²) in [5.74, 6) is 3.49. The third-order valence-corrected chi connectivity index (χ3v) is 3.56. The van der Waals surface area contributed by atoms with Crippen molar-refractivity contribution in [2.45, 2.75) is 45.6 Å². The van der Waals surface area contributed by atoms with Crippen molar-refractivity contribution in [3.63, 3.8) is 0 Å². The zero-order valence-electron chi connectivity index (χ0n) is 13.2. The molecule has 0 aromatic carbocycles. The molecular formula is C15H26N4O. The van der Waals surface area contributed by atoms with Crippen LogP contribution in [0.3, 0.4) is 0 Å². The molecule has 1 saturated carbocycles. The van der Waals surface area contributed by atoms with E-state index in [1.54, 1.807) is 0 Å². The molecule has 1 aliphatic carbocycles. The van der Waals surface area contributed by atoms with E-state index >= 15 is 0 Å². The van der Waals surface area contributed by atoms with Crippen LogP contribution in [0.1, 0.15) is 44.0 Å². The van der Waals surface area contributed by atoms with Gasteiger partial charge in [0.15, 0.2) is 0 Å². The highest BCUT2D eigenvalue weighted by atomic mass is 16.5. The molecule has 5 nitrogen and oxygen atoms in total. The minimum Gasteiger partial charge on any atom is -0.377 e. The Morgan fingerprint density at radius 2 is 2.05 bits per heavy atom. The van der Waals surface area contributed by atoms with Crippen LogP contribution in [-0.4, -0.2) is 43.3 Å². The van der Waals surface area contributed by atoms with Crippen LogP contribution >= 0.6 is 0 Å². The lowest BCUT2D eigenvalue weighted by Crippen LogP contribution is -2.26. The molecule has 5 heteroatoms. The zero-order valence-corrected chi connectivity index (χ0v) is 13.2. The molecule has 0 bridgehead atoms. The number of hydrogen-bond acceptors (Lipinski definition) is 5. The minimum atomic E-state index is 0.268. The Balaban J connectivity index is 2.13. The summed E-state index contributed by atoms with van der Waals surface area (Å²) in [6, 6.07) is 0. The summed E-state index contributed by atoms with van der Waals surface area (Å²) in [4.78, 5) is 11.5. The van der Waals surface area contributed by atoms with E-state index in [1.165, 1.54) is 12.8 Å². The summed E-state index contributed by atoms with van der Waals surface area (Å²) < 4.78 is 5.62. The van der Waals surface area contributed by atoms with Gasteiger partial charge in [0.2, 0.25) is 0 Å². The van der Waals surface area contributed by atoms with E-state index in [9.17, 15) is 0 Å². The molecule has 0 amide bonds. The number of aromatic nitrogens is 2. The van der Waals surface area contributed by atoms with Crippen molar-refractivity contribution in [3.8, 4) is 0 Å². The summed E-state index contributed by atoms with van der Waals surface area (Å²) in [6.45, 7) is 7.73. The van der Waals surface area contributed by atoms with E-state index < -0.39 is 0 Å². The van der Waals surface area contributed by atoms with Gasteiger partial charge in [0.1, 0.15) is 17.5 Å². The monoisotopic (exact) mass is 278 g/mol. The molecule has 0 spiro atoms. The fourth-order valence-corrected chi connectivity index (χ4v) is 2.19. The first-order valence-electron chi connectivity index (χ1n) is 7.42. The van der Waals surface area contributed by atoms with Gasteiger partial charge in [-0.05, 0) is 33.6 Å². The number of anilines is 2. The van der Waals surface area contributed by atoms with E-state index in [-0.39, 0.29) is 6.10 Å². The SMILES string of the molecule is CNc1nc(C2CC2)nc(N(C)CCOC(C)C)c1C. The highest BCUT2D eigenvalue weighted by molar-refractivity contribution is 5.58. The van der Waals surface area contributed by atoms with Crippen molar-refractivity contribution < 1.29 is 4.74 Å². The molecule has 1 fully saturated rings. The van der Waals surface area contributed by atoms with Crippen LogP contribution < -0.4 is 10.2 Å². The molecule has 0 unspecified atom stereocenters. The van der Waals surface area contributed by atoms with Crippen LogP contribution in [0, 0.1) is 6.92 Å². The van der Waals surface area contributed by atoms with E-state index in [1.807, 2.05) is 7.05 Å². The maximum Gasteiger partial charge on any atom is 0.137 e. The Morgan fingerprint density at radius 3 is 2.60 bits per heavy atom. The van der Waals surface area contributed by atoms with Crippen molar-refractivity contribution in [2.24, 2.45) is 0 Å². The van der Waals surface area contributed by atoms with Gasteiger partial charge in [0.05, 0.1) is 12.7 Å². The molecule has 112 valence electrons. The largest absolute Gasteiger partial charge is 0.377 e. The molecule has 0 atom stereocenters. The first-order chi connectivity index (χ1) is 9.52. The number of ether oxygens (including phenoxy) is 1. The molecule has 1 aromatic heterocycles. The third-order valence-electron chi connectivity index (χ3n) is 3.56. The molecular weight excluding hydrogens is 252 g/mol. The van der Waals surface area contributed by atoms with Gasteiger partial charge in [-0.3, -0.25) is 0 Å². The summed E-state index contributed by atoms with van der Waals surface area (Å²) in [6.07, 6.45) is 2.70. The highest BCUT2D eigenvalue weighted by Gasteiger charge is 2.28. The normalized spacial score (nSPS) is 14.7. The first-order valence-corrected chi connectivity index (χ1v) is 7.42. The number of likely N-dealkylation sites (N-methyl/N-ethyl adjacent to an activating group) is 1. The smallest absolute Gasteiger partial charge is 0.137 e. The van der Waals surface area contributed by atoms with Crippen molar-refractivity contribution >= 4 is 11.6 Å². The first kappa shape index (κ1) is 15.0. The van der Waals surface area contributed by atoms with E-state index in [0.29, 0.717) is 12.5 Å². The maximum atomic E-state index is 5.62. The Bertz CT molecular complexity index is 457. The predicted octanol–water partition coefficient (Wildman–Crippen LogP) is 2.57. The van der Waals surface area contributed by atoms with Crippen LogP contribution in [-0.2, 0) is 4.74 Å². The van der Waals surface area contributed by atoms with Gasteiger partial charge < -0.3 is 15.0 Å². The van der Waals surface area contributed by atoms with Crippen LogP contribution in [0.4, 0.5) is 11.6 Å². The lowest BCUT2D eigenvalue weighted by atomic mass is 10.2. The molecule has 2 rings (SSSR count). The Hall–Kier alpha value is -1.36. The summed E-state index contributed by atoms with van der Waals surface area (Å²) in [5, 5.41) is 3.18. The van der Waals surface area contributed by atoms with Crippen LogP contribution in [0.25, 0.3) is 0 Å². The second-order valence-corrected chi connectivity index (χ2v) is 5.74. The molecule has 0 saturated heterocycles. The van der Waals surface area contributed by atoms with E-state index in [4.69, 9.17) is 9.72 Å². The van der Waals surface area contributed by atoms with Gasteiger partial charge in [0.25, 0.3) is 0 Å². The number of rotatable bonds is 7. The van der Waals surface area contributed by atoms with Gasteiger partial charge in [-0.15, -0.1) is 0 Å². The third kappa shape index (κ3) is 3.60. The van der Waals surface area contributed by atoms with Gasteiger partial charge in [-0.1, -0.05) is 0 Å². The fourth-order valence-electron chi connectivity index (χ4n) is 2.19. The molecule has 1 aliphatic rings. The Labute approximate surface area is 121 Å². The topological polar surface area (TPSA) is 50.3 Å². The second kappa shape index (κ2) is 6.39. The maximum absolute atomic E-state index is 5.62. The van der Waals surface area contributed by atoms with Crippen molar-refractivity contribution in [1.29, 1.82) is 0 Å². The molecule has 1 N–H and O–H groups in total. The van der Waals surface area contributed by atoms with Crippen molar-refractivity contribution in [1.82, 2.24) is 9.97 Å². The van der Waals surface area contributed by atoms with Crippen LogP contribution in [0.15, 0.2) is 0 Å². The predicted molar refractivity (Wildman–Crippen MR) is 82.6 cm³/mol. The second-order valence-electron chi connectivity index (χ2n) is 5.74.